The van der Waals surface area contributed by atoms with Crippen LogP contribution in [0.5, 0.6) is 0 Å². The van der Waals surface area contributed by atoms with E-state index in [9.17, 15) is 0 Å². The predicted molar refractivity (Wildman–Crippen MR) is 59.1 cm³/mol. The molecule has 2 rings (SSSR count). The number of fused-ring (bicyclic) bond motifs is 1. The van der Waals surface area contributed by atoms with Crippen molar-refractivity contribution in [2.24, 2.45) is 0 Å². The van der Waals surface area contributed by atoms with Gasteiger partial charge in [-0.2, -0.15) is 0 Å². The van der Waals surface area contributed by atoms with E-state index in [1.165, 1.54) is 5.39 Å². The third-order valence-corrected chi connectivity index (χ3v) is 2.00. The number of hydrogen-bond donors (Lipinski definition) is 1. The zero-order valence-corrected chi connectivity index (χ0v) is 8.36. The number of nitrogens with one attached hydrogen (secondary N) is 1. The van der Waals surface area contributed by atoms with Crippen molar-refractivity contribution >= 4 is 16.6 Å². The summed E-state index contributed by atoms with van der Waals surface area (Å²) in [6.07, 6.45) is 1.81. The first-order valence-corrected chi connectivity index (χ1v) is 4.55. The van der Waals surface area contributed by atoms with Crippen LogP contribution >= 0.6 is 0 Å². The molecule has 0 saturated carbocycles. The second kappa shape index (κ2) is 3.64. The van der Waals surface area contributed by atoms with Crippen LogP contribution in [0, 0.1) is 0 Å². The summed E-state index contributed by atoms with van der Waals surface area (Å²) in [5.74, 6) is 0.896. The Balaban J connectivity index is 2.53. The van der Waals surface area contributed by atoms with Crippen LogP contribution in [-0.4, -0.2) is 24.1 Å². The maximum absolute atomic E-state index is 4.29. The van der Waals surface area contributed by atoms with Gasteiger partial charge in [0.25, 0.3) is 0 Å². The Morgan fingerprint density at radius 2 is 1.93 bits per heavy atom. The highest BCUT2D eigenvalue weighted by molar-refractivity contribution is 5.91. The minimum absolute atomic E-state index is 0.896. The summed E-state index contributed by atoms with van der Waals surface area (Å²) < 4.78 is 0. The number of benzene rings is 1. The maximum atomic E-state index is 4.29. The van der Waals surface area contributed by atoms with E-state index >= 15 is 0 Å². The summed E-state index contributed by atoms with van der Waals surface area (Å²) in [7, 11) is 3.90. The average molecular weight is 187 g/mol. The van der Waals surface area contributed by atoms with Crippen molar-refractivity contribution in [2.75, 3.05) is 19.5 Å². The molecule has 1 aromatic carbocycles. The van der Waals surface area contributed by atoms with E-state index in [4.69, 9.17) is 0 Å². The normalized spacial score (nSPS) is 10.8. The molecule has 3 heteroatoms. The molecule has 0 aliphatic rings. The molecule has 1 N–H and O–H groups in total. The standard InChI is InChI=1S/C11H13N3/c1-14(2)13-11-10-6-4-3-5-9(10)7-8-12-11/h3-8H,1-2H3,(H,12,13). The van der Waals surface area contributed by atoms with E-state index in [-0.39, 0.29) is 0 Å². The van der Waals surface area contributed by atoms with Gasteiger partial charge in [0, 0.05) is 25.7 Å². The number of hydrogen-bond acceptors (Lipinski definition) is 3. The van der Waals surface area contributed by atoms with Crippen LogP contribution in [0.2, 0.25) is 0 Å². The van der Waals surface area contributed by atoms with Crippen molar-refractivity contribution in [3.63, 3.8) is 0 Å². The van der Waals surface area contributed by atoms with Crippen molar-refractivity contribution in [1.82, 2.24) is 9.99 Å². The van der Waals surface area contributed by atoms with E-state index < -0.39 is 0 Å². The maximum Gasteiger partial charge on any atom is 0.148 e. The average Bonchev–Trinajstić information content (AvgIpc) is 2.18. The van der Waals surface area contributed by atoms with Gasteiger partial charge in [-0.1, -0.05) is 24.3 Å². The zero-order valence-electron chi connectivity index (χ0n) is 8.36. The molecule has 72 valence electrons. The Hall–Kier alpha value is -1.61. The van der Waals surface area contributed by atoms with Crippen molar-refractivity contribution < 1.29 is 0 Å². The molecule has 1 heterocycles. The molecule has 0 saturated heterocycles. The Morgan fingerprint density at radius 1 is 1.14 bits per heavy atom. The summed E-state index contributed by atoms with van der Waals surface area (Å²) in [6.45, 7) is 0. The zero-order chi connectivity index (χ0) is 9.97. The molecule has 0 unspecified atom stereocenters. The van der Waals surface area contributed by atoms with Gasteiger partial charge in [-0.15, -0.1) is 0 Å². The molecule has 0 radical (unpaired) electrons. The summed E-state index contributed by atoms with van der Waals surface area (Å²) in [5, 5.41) is 4.23. The Labute approximate surface area is 83.3 Å². The summed E-state index contributed by atoms with van der Waals surface area (Å²) >= 11 is 0. The van der Waals surface area contributed by atoms with Crippen LogP contribution in [0.4, 0.5) is 5.82 Å². The Bertz CT molecular complexity index is 432. The van der Waals surface area contributed by atoms with E-state index in [1.807, 2.05) is 43.5 Å². The highest BCUT2D eigenvalue weighted by Crippen LogP contribution is 2.20. The van der Waals surface area contributed by atoms with Gasteiger partial charge in [-0.05, 0) is 11.5 Å². The predicted octanol–water partition coefficient (Wildman–Crippen LogP) is 2.12. The van der Waals surface area contributed by atoms with Crippen LogP contribution in [0.1, 0.15) is 0 Å². The minimum atomic E-state index is 0.896. The molecule has 0 aliphatic carbocycles. The lowest BCUT2D eigenvalue weighted by molar-refractivity contribution is 0.493. The van der Waals surface area contributed by atoms with Gasteiger partial charge in [0.1, 0.15) is 5.82 Å². The van der Waals surface area contributed by atoms with Crippen LogP contribution in [0.15, 0.2) is 36.5 Å². The number of pyridine rings is 1. The SMILES string of the molecule is CN(C)Nc1nccc2ccccc12. The second-order valence-corrected chi connectivity index (χ2v) is 3.39. The highest BCUT2D eigenvalue weighted by Gasteiger charge is 2.00. The molecule has 0 bridgehead atoms. The molecule has 1 aromatic heterocycles. The van der Waals surface area contributed by atoms with Gasteiger partial charge in [0.2, 0.25) is 0 Å². The number of nitrogens with zero attached hydrogens (tertiary/aromatic N) is 2. The summed E-state index contributed by atoms with van der Waals surface area (Å²) in [6, 6.07) is 10.2. The molecular weight excluding hydrogens is 174 g/mol. The molecule has 3 nitrogen and oxygen atoms in total. The molecule has 0 atom stereocenters. The van der Waals surface area contributed by atoms with Crippen molar-refractivity contribution in [3.8, 4) is 0 Å². The lowest BCUT2D eigenvalue weighted by atomic mass is 10.2. The monoisotopic (exact) mass is 187 g/mol. The van der Waals surface area contributed by atoms with Gasteiger partial charge >= 0.3 is 0 Å². The number of hydrazine groups is 1. The third kappa shape index (κ3) is 1.67. The van der Waals surface area contributed by atoms with Gasteiger partial charge in [0.05, 0.1) is 0 Å². The van der Waals surface area contributed by atoms with E-state index in [2.05, 4.69) is 22.5 Å². The number of anilines is 1. The quantitative estimate of drug-likeness (QED) is 0.730. The van der Waals surface area contributed by atoms with E-state index in [0.29, 0.717) is 0 Å². The highest BCUT2D eigenvalue weighted by atomic mass is 15.5. The van der Waals surface area contributed by atoms with Crippen molar-refractivity contribution in [3.05, 3.63) is 36.5 Å². The first-order valence-electron chi connectivity index (χ1n) is 4.55. The number of aromatic nitrogens is 1. The molecular formula is C11H13N3. The van der Waals surface area contributed by atoms with Crippen molar-refractivity contribution in [1.29, 1.82) is 0 Å². The van der Waals surface area contributed by atoms with Crippen LogP contribution < -0.4 is 5.43 Å². The van der Waals surface area contributed by atoms with Crippen molar-refractivity contribution in [2.45, 2.75) is 0 Å². The topological polar surface area (TPSA) is 28.2 Å². The fourth-order valence-electron chi connectivity index (χ4n) is 1.42. The number of rotatable bonds is 2. The second-order valence-electron chi connectivity index (χ2n) is 3.39. The molecule has 0 spiro atoms. The molecule has 0 aliphatic heterocycles. The van der Waals surface area contributed by atoms with Gasteiger partial charge in [-0.3, -0.25) is 0 Å². The molecule has 0 amide bonds. The Kier molecular flexibility index (Phi) is 2.33. The minimum Gasteiger partial charge on any atom is -0.303 e. The van der Waals surface area contributed by atoms with E-state index in [1.54, 1.807) is 0 Å². The Morgan fingerprint density at radius 3 is 2.71 bits per heavy atom. The smallest absolute Gasteiger partial charge is 0.148 e. The summed E-state index contributed by atoms with van der Waals surface area (Å²) in [4.78, 5) is 4.29. The van der Waals surface area contributed by atoms with Gasteiger partial charge < -0.3 is 5.43 Å². The van der Waals surface area contributed by atoms with Crippen LogP contribution in [0.25, 0.3) is 10.8 Å². The molecule has 0 fully saturated rings. The van der Waals surface area contributed by atoms with E-state index in [0.717, 1.165) is 11.2 Å². The van der Waals surface area contributed by atoms with Gasteiger partial charge in [-0.25, -0.2) is 9.99 Å². The third-order valence-electron chi connectivity index (χ3n) is 2.00. The van der Waals surface area contributed by atoms with Crippen LogP contribution in [0.3, 0.4) is 0 Å². The lowest BCUT2D eigenvalue weighted by Crippen LogP contribution is -2.20. The first-order chi connectivity index (χ1) is 6.77. The van der Waals surface area contributed by atoms with Gasteiger partial charge in [0.15, 0.2) is 0 Å². The molecule has 2 aromatic rings. The largest absolute Gasteiger partial charge is 0.303 e. The fraction of sp³-hybridized carbons (Fsp3) is 0.182. The lowest BCUT2D eigenvalue weighted by Gasteiger charge is -2.14. The summed E-state index contributed by atoms with van der Waals surface area (Å²) in [5.41, 5.74) is 3.17. The first kappa shape index (κ1) is 8.97. The molecule has 14 heavy (non-hydrogen) atoms. The van der Waals surface area contributed by atoms with Crippen LogP contribution in [-0.2, 0) is 0 Å². The fourth-order valence-corrected chi connectivity index (χ4v) is 1.42.